The molecule has 0 radical (unpaired) electrons. The summed E-state index contributed by atoms with van der Waals surface area (Å²) in [6.07, 6.45) is 2.55. The Bertz CT molecular complexity index is 863. The number of nitrogens with one attached hydrogen (secondary N) is 2. The number of aromatic nitrogens is 2. The van der Waals surface area contributed by atoms with Crippen LogP contribution in [0.3, 0.4) is 0 Å². The minimum atomic E-state index is -0.334. The highest BCUT2D eigenvalue weighted by molar-refractivity contribution is 5.80. The van der Waals surface area contributed by atoms with E-state index in [4.69, 9.17) is 5.73 Å². The molecule has 8 heteroatoms. The molecular weight excluding hydrogens is 345 g/mol. The number of aryl methyl sites for hydroxylation is 1. The Balaban J connectivity index is 1.60. The van der Waals surface area contributed by atoms with E-state index in [0.29, 0.717) is 41.9 Å². The summed E-state index contributed by atoms with van der Waals surface area (Å²) in [6.45, 7) is 2.91. The molecule has 0 amide bonds. The Hall–Kier alpha value is -3.08. The van der Waals surface area contributed by atoms with Gasteiger partial charge in [0.25, 0.3) is 0 Å². The maximum Gasteiger partial charge on any atom is 0.191 e. The summed E-state index contributed by atoms with van der Waals surface area (Å²) in [5.74, 6) is 1.42. The first-order valence-electron chi connectivity index (χ1n) is 9.04. The van der Waals surface area contributed by atoms with Crippen molar-refractivity contribution in [3.05, 3.63) is 41.3 Å². The van der Waals surface area contributed by atoms with Crippen LogP contribution >= 0.6 is 0 Å². The van der Waals surface area contributed by atoms with Crippen LogP contribution in [0.15, 0.2) is 29.3 Å². The van der Waals surface area contributed by atoms with Crippen molar-refractivity contribution in [1.29, 1.82) is 5.26 Å². The first kappa shape index (κ1) is 18.7. The molecule has 4 N–H and O–H groups in total. The van der Waals surface area contributed by atoms with E-state index in [0.717, 1.165) is 12.4 Å². The summed E-state index contributed by atoms with van der Waals surface area (Å²) >= 11 is 0. The zero-order valence-electron chi connectivity index (χ0n) is 15.5. The SMILES string of the molecule is CN=C(NCCCc1nn(-c2ccc(F)cc2)c(N)c1C#N)NC1CC1C. The first-order chi connectivity index (χ1) is 13.0. The van der Waals surface area contributed by atoms with Crippen molar-refractivity contribution in [3.63, 3.8) is 0 Å². The maximum absolute atomic E-state index is 13.1. The Kier molecular flexibility index (Phi) is 5.60. The van der Waals surface area contributed by atoms with Crippen molar-refractivity contribution in [1.82, 2.24) is 20.4 Å². The average molecular weight is 369 g/mol. The fraction of sp³-hybridized carbons (Fsp3) is 0.421. The van der Waals surface area contributed by atoms with Crippen molar-refractivity contribution in [3.8, 4) is 11.8 Å². The van der Waals surface area contributed by atoms with Gasteiger partial charge in [-0.1, -0.05) is 6.92 Å². The molecule has 2 atom stereocenters. The van der Waals surface area contributed by atoms with Gasteiger partial charge in [-0.3, -0.25) is 4.99 Å². The number of guanidine groups is 1. The lowest BCUT2D eigenvalue weighted by Crippen LogP contribution is -2.39. The number of halogens is 1. The van der Waals surface area contributed by atoms with Crippen LogP contribution in [0.25, 0.3) is 5.69 Å². The Morgan fingerprint density at radius 3 is 2.74 bits per heavy atom. The van der Waals surface area contributed by atoms with Crippen LogP contribution in [0.1, 0.15) is 31.0 Å². The number of nitriles is 1. The molecule has 7 nitrogen and oxygen atoms in total. The molecule has 1 saturated carbocycles. The van der Waals surface area contributed by atoms with E-state index >= 15 is 0 Å². The molecule has 1 aliphatic rings. The van der Waals surface area contributed by atoms with Gasteiger partial charge in [-0.2, -0.15) is 10.4 Å². The van der Waals surface area contributed by atoms with E-state index < -0.39 is 0 Å². The fourth-order valence-corrected chi connectivity index (χ4v) is 2.91. The van der Waals surface area contributed by atoms with Gasteiger partial charge in [0, 0.05) is 19.6 Å². The normalized spacial score (nSPS) is 18.8. The summed E-state index contributed by atoms with van der Waals surface area (Å²) in [6, 6.07) is 8.48. The standard InChI is InChI=1S/C19H24FN7/c1-12-10-17(12)25-19(23-2)24-9-3-4-16-15(11-21)18(22)27(26-16)14-7-5-13(20)6-8-14/h5-8,12,17H,3-4,9-10,22H2,1-2H3,(H2,23,24,25). The van der Waals surface area contributed by atoms with Gasteiger partial charge in [-0.05, 0) is 49.4 Å². The van der Waals surface area contributed by atoms with Gasteiger partial charge in [0.2, 0.25) is 0 Å². The number of anilines is 1. The highest BCUT2D eigenvalue weighted by Gasteiger charge is 2.33. The Morgan fingerprint density at radius 1 is 1.44 bits per heavy atom. The van der Waals surface area contributed by atoms with Gasteiger partial charge >= 0.3 is 0 Å². The maximum atomic E-state index is 13.1. The van der Waals surface area contributed by atoms with Crippen LogP contribution in [0.5, 0.6) is 0 Å². The van der Waals surface area contributed by atoms with Crippen LogP contribution in [-0.4, -0.2) is 35.4 Å². The predicted molar refractivity (Wildman–Crippen MR) is 103 cm³/mol. The number of benzene rings is 1. The van der Waals surface area contributed by atoms with Crippen molar-refractivity contribution in [2.75, 3.05) is 19.3 Å². The van der Waals surface area contributed by atoms with E-state index in [9.17, 15) is 9.65 Å². The fourth-order valence-electron chi connectivity index (χ4n) is 2.91. The molecule has 3 rings (SSSR count). The van der Waals surface area contributed by atoms with E-state index in [2.05, 4.69) is 33.7 Å². The molecule has 142 valence electrons. The number of hydrogen-bond acceptors (Lipinski definition) is 4. The van der Waals surface area contributed by atoms with Crippen molar-refractivity contribution in [2.45, 2.75) is 32.2 Å². The van der Waals surface area contributed by atoms with E-state index in [-0.39, 0.29) is 11.6 Å². The van der Waals surface area contributed by atoms with E-state index in [1.807, 2.05) is 0 Å². The molecule has 0 spiro atoms. The minimum Gasteiger partial charge on any atom is -0.382 e. The quantitative estimate of drug-likeness (QED) is 0.410. The molecule has 1 aromatic heterocycles. The Labute approximate surface area is 158 Å². The third-order valence-corrected chi connectivity index (χ3v) is 4.71. The van der Waals surface area contributed by atoms with Gasteiger partial charge in [0.1, 0.15) is 23.3 Å². The predicted octanol–water partition coefficient (Wildman–Crippen LogP) is 1.97. The highest BCUT2D eigenvalue weighted by atomic mass is 19.1. The summed E-state index contributed by atoms with van der Waals surface area (Å²) in [7, 11) is 1.75. The molecule has 0 bridgehead atoms. The molecule has 1 fully saturated rings. The molecule has 27 heavy (non-hydrogen) atoms. The Morgan fingerprint density at radius 2 is 2.15 bits per heavy atom. The zero-order valence-corrected chi connectivity index (χ0v) is 15.5. The third-order valence-electron chi connectivity index (χ3n) is 4.71. The van der Waals surface area contributed by atoms with Gasteiger partial charge in [0.05, 0.1) is 11.4 Å². The largest absolute Gasteiger partial charge is 0.382 e. The van der Waals surface area contributed by atoms with Crippen molar-refractivity contribution < 1.29 is 4.39 Å². The van der Waals surface area contributed by atoms with Gasteiger partial charge in [-0.25, -0.2) is 9.07 Å². The number of rotatable bonds is 6. The third kappa shape index (κ3) is 4.37. The minimum absolute atomic E-state index is 0.271. The summed E-state index contributed by atoms with van der Waals surface area (Å²) in [5, 5.41) is 20.5. The van der Waals surface area contributed by atoms with Crippen LogP contribution in [0.4, 0.5) is 10.2 Å². The smallest absolute Gasteiger partial charge is 0.191 e. The number of nitrogens with zero attached hydrogens (tertiary/aromatic N) is 4. The van der Waals surface area contributed by atoms with E-state index in [1.54, 1.807) is 19.2 Å². The van der Waals surface area contributed by atoms with Crippen LogP contribution in [0, 0.1) is 23.1 Å². The molecular formula is C19H24FN7. The zero-order chi connectivity index (χ0) is 19.4. The van der Waals surface area contributed by atoms with Crippen LogP contribution < -0.4 is 16.4 Å². The topological polar surface area (TPSA) is 104 Å². The molecule has 2 unspecified atom stereocenters. The van der Waals surface area contributed by atoms with Crippen molar-refractivity contribution in [2.24, 2.45) is 10.9 Å². The van der Waals surface area contributed by atoms with E-state index in [1.165, 1.54) is 23.2 Å². The molecule has 1 aromatic carbocycles. The molecule has 1 aliphatic carbocycles. The van der Waals surface area contributed by atoms with Crippen molar-refractivity contribution >= 4 is 11.8 Å². The lowest BCUT2D eigenvalue weighted by Gasteiger charge is -2.11. The molecule has 0 saturated heterocycles. The average Bonchev–Trinajstić information content (AvgIpc) is 3.26. The molecule has 0 aliphatic heterocycles. The number of nitrogen functional groups attached to an aromatic ring is 1. The summed E-state index contributed by atoms with van der Waals surface area (Å²) in [4.78, 5) is 4.22. The van der Waals surface area contributed by atoms with Gasteiger partial charge in [0.15, 0.2) is 5.96 Å². The lowest BCUT2D eigenvalue weighted by atomic mass is 10.1. The highest BCUT2D eigenvalue weighted by Crippen LogP contribution is 2.28. The number of nitrogens with two attached hydrogens (primary N) is 1. The monoisotopic (exact) mass is 369 g/mol. The lowest BCUT2D eigenvalue weighted by molar-refractivity contribution is 0.627. The first-order valence-corrected chi connectivity index (χ1v) is 9.04. The van der Waals surface area contributed by atoms with Gasteiger partial charge < -0.3 is 16.4 Å². The number of aliphatic imine (C=N–C) groups is 1. The van der Waals surface area contributed by atoms with Crippen LogP contribution in [0.2, 0.25) is 0 Å². The number of hydrogen-bond donors (Lipinski definition) is 3. The second-order valence-corrected chi connectivity index (χ2v) is 6.77. The second kappa shape index (κ2) is 8.08. The second-order valence-electron chi connectivity index (χ2n) is 6.77. The summed E-state index contributed by atoms with van der Waals surface area (Å²) < 4.78 is 14.6. The molecule has 2 aromatic rings. The van der Waals surface area contributed by atoms with Crippen LogP contribution in [-0.2, 0) is 6.42 Å². The molecule has 1 heterocycles. The van der Waals surface area contributed by atoms with Gasteiger partial charge in [-0.15, -0.1) is 0 Å². The summed E-state index contributed by atoms with van der Waals surface area (Å²) in [5.41, 5.74) is 7.70.